The molecule has 0 spiro atoms. The average molecular weight is 280 g/mol. The second-order valence-electron chi connectivity index (χ2n) is 5.08. The van der Waals surface area contributed by atoms with Gasteiger partial charge in [-0.15, -0.1) is 0 Å². The molecule has 0 aliphatic carbocycles. The molecule has 0 aromatic heterocycles. The van der Waals surface area contributed by atoms with Gasteiger partial charge in [0.25, 0.3) is 0 Å². The maximum absolute atomic E-state index is 5.87. The highest BCUT2D eigenvalue weighted by molar-refractivity contribution is 5.51. The summed E-state index contributed by atoms with van der Waals surface area (Å²) < 4.78 is 22.3. The molecule has 6 nitrogen and oxygen atoms in total. The van der Waals surface area contributed by atoms with Gasteiger partial charge in [0.1, 0.15) is 18.5 Å². The van der Waals surface area contributed by atoms with Crippen LogP contribution in [0.1, 0.15) is 5.56 Å². The summed E-state index contributed by atoms with van der Waals surface area (Å²) in [5, 5.41) is 0. The van der Waals surface area contributed by atoms with Crippen LogP contribution in [0.15, 0.2) is 12.1 Å². The van der Waals surface area contributed by atoms with Gasteiger partial charge in [-0.1, -0.05) is 0 Å². The van der Waals surface area contributed by atoms with E-state index in [0.717, 1.165) is 36.8 Å². The van der Waals surface area contributed by atoms with Crippen LogP contribution in [0, 0.1) is 0 Å². The van der Waals surface area contributed by atoms with Gasteiger partial charge in [-0.25, -0.2) is 0 Å². The standard InChI is InChI=1S/C14H20N2O4/c1-16-2-3-17-11(7-16)8-18-12-5-14-13(19-9-20-14)4-10(12)6-15/h4-5,11H,2-3,6-9,15H2,1H3. The second kappa shape index (κ2) is 5.87. The highest BCUT2D eigenvalue weighted by Crippen LogP contribution is 2.38. The lowest BCUT2D eigenvalue weighted by Gasteiger charge is -2.30. The Morgan fingerprint density at radius 3 is 2.90 bits per heavy atom. The molecule has 1 unspecified atom stereocenters. The highest BCUT2D eigenvalue weighted by Gasteiger charge is 2.21. The van der Waals surface area contributed by atoms with E-state index in [4.69, 9.17) is 24.7 Å². The summed E-state index contributed by atoms with van der Waals surface area (Å²) in [6.45, 7) is 3.75. The first-order valence-corrected chi connectivity index (χ1v) is 6.82. The average Bonchev–Trinajstić information content (AvgIpc) is 2.91. The third-order valence-electron chi connectivity index (χ3n) is 3.54. The predicted molar refractivity (Wildman–Crippen MR) is 73.2 cm³/mol. The number of likely N-dealkylation sites (N-methyl/N-ethyl adjacent to an activating group) is 1. The SMILES string of the molecule is CN1CCOC(COc2cc3c(cc2CN)OCO3)C1. The van der Waals surface area contributed by atoms with Gasteiger partial charge >= 0.3 is 0 Å². The molecule has 1 fully saturated rings. The topological polar surface area (TPSA) is 66.2 Å². The Bertz CT molecular complexity index is 480. The van der Waals surface area contributed by atoms with E-state index >= 15 is 0 Å². The van der Waals surface area contributed by atoms with E-state index in [-0.39, 0.29) is 12.9 Å². The molecule has 2 aliphatic rings. The summed E-state index contributed by atoms with van der Waals surface area (Å²) in [4.78, 5) is 2.24. The molecule has 0 saturated carbocycles. The number of fused-ring (bicyclic) bond motifs is 1. The molecule has 2 heterocycles. The second-order valence-corrected chi connectivity index (χ2v) is 5.08. The Morgan fingerprint density at radius 1 is 1.35 bits per heavy atom. The van der Waals surface area contributed by atoms with Gasteiger partial charge in [-0.3, -0.25) is 0 Å². The van der Waals surface area contributed by atoms with Crippen LogP contribution in [0.25, 0.3) is 0 Å². The van der Waals surface area contributed by atoms with Gasteiger partial charge < -0.3 is 29.6 Å². The number of hydrogen-bond donors (Lipinski definition) is 1. The molecule has 2 aliphatic heterocycles. The molecule has 2 N–H and O–H groups in total. The molecule has 3 rings (SSSR count). The van der Waals surface area contributed by atoms with Crippen LogP contribution in [-0.2, 0) is 11.3 Å². The summed E-state index contributed by atoms with van der Waals surface area (Å²) >= 11 is 0. The molecule has 1 saturated heterocycles. The Morgan fingerprint density at radius 2 is 2.15 bits per heavy atom. The van der Waals surface area contributed by atoms with Crippen LogP contribution in [0.3, 0.4) is 0 Å². The zero-order chi connectivity index (χ0) is 13.9. The first kappa shape index (κ1) is 13.5. The van der Waals surface area contributed by atoms with Crippen LogP contribution in [0.5, 0.6) is 17.2 Å². The Kier molecular flexibility index (Phi) is 3.95. The number of rotatable bonds is 4. The van der Waals surface area contributed by atoms with Crippen molar-refractivity contribution in [2.75, 3.05) is 40.1 Å². The van der Waals surface area contributed by atoms with Crippen LogP contribution in [-0.4, -0.2) is 51.1 Å². The lowest BCUT2D eigenvalue weighted by atomic mass is 10.1. The van der Waals surface area contributed by atoms with Crippen molar-refractivity contribution in [3.63, 3.8) is 0 Å². The van der Waals surface area contributed by atoms with E-state index in [1.165, 1.54) is 0 Å². The van der Waals surface area contributed by atoms with E-state index in [1.807, 2.05) is 12.1 Å². The van der Waals surface area contributed by atoms with Crippen LogP contribution < -0.4 is 19.9 Å². The minimum atomic E-state index is 0.0878. The van der Waals surface area contributed by atoms with Gasteiger partial charge in [-0.05, 0) is 13.1 Å². The minimum absolute atomic E-state index is 0.0878. The number of hydrogen-bond acceptors (Lipinski definition) is 6. The molecule has 0 amide bonds. The molecule has 0 bridgehead atoms. The lowest BCUT2D eigenvalue weighted by Crippen LogP contribution is -2.42. The Balaban J connectivity index is 1.67. The number of ether oxygens (including phenoxy) is 4. The first-order valence-electron chi connectivity index (χ1n) is 6.82. The minimum Gasteiger partial charge on any atom is -0.490 e. The van der Waals surface area contributed by atoms with Crippen molar-refractivity contribution in [1.82, 2.24) is 4.90 Å². The third-order valence-corrected chi connectivity index (χ3v) is 3.54. The van der Waals surface area contributed by atoms with E-state index < -0.39 is 0 Å². The van der Waals surface area contributed by atoms with Crippen molar-refractivity contribution in [3.05, 3.63) is 17.7 Å². The van der Waals surface area contributed by atoms with Gasteiger partial charge in [-0.2, -0.15) is 0 Å². The summed E-state index contributed by atoms with van der Waals surface area (Å²) in [6.07, 6.45) is 0.0878. The molecule has 1 aromatic carbocycles. The Labute approximate surface area is 118 Å². The van der Waals surface area contributed by atoms with Crippen LogP contribution in [0.2, 0.25) is 0 Å². The zero-order valence-corrected chi connectivity index (χ0v) is 11.6. The van der Waals surface area contributed by atoms with Gasteiger partial charge in [0.2, 0.25) is 6.79 Å². The maximum Gasteiger partial charge on any atom is 0.231 e. The van der Waals surface area contributed by atoms with Gasteiger partial charge in [0.15, 0.2) is 11.5 Å². The van der Waals surface area contributed by atoms with Crippen molar-refractivity contribution in [3.8, 4) is 17.2 Å². The summed E-state index contributed by atoms with van der Waals surface area (Å²) in [5.74, 6) is 2.18. The van der Waals surface area contributed by atoms with Crippen molar-refractivity contribution < 1.29 is 18.9 Å². The normalized spacial score (nSPS) is 22.0. The number of morpholine rings is 1. The Hall–Kier alpha value is -1.50. The van der Waals surface area contributed by atoms with Gasteiger partial charge in [0.05, 0.1) is 6.61 Å². The maximum atomic E-state index is 5.87. The lowest BCUT2D eigenvalue weighted by molar-refractivity contribution is -0.0404. The fourth-order valence-electron chi connectivity index (χ4n) is 2.41. The molecule has 1 atom stereocenters. The van der Waals surface area contributed by atoms with Crippen LogP contribution in [0.4, 0.5) is 0 Å². The molecule has 0 radical (unpaired) electrons. The monoisotopic (exact) mass is 280 g/mol. The highest BCUT2D eigenvalue weighted by atomic mass is 16.7. The number of nitrogens with zero attached hydrogens (tertiary/aromatic N) is 1. The smallest absolute Gasteiger partial charge is 0.231 e. The van der Waals surface area contributed by atoms with Crippen molar-refractivity contribution in [1.29, 1.82) is 0 Å². The molecule has 6 heteroatoms. The zero-order valence-electron chi connectivity index (χ0n) is 11.6. The molecular formula is C14H20N2O4. The summed E-state index contributed by atoms with van der Waals surface area (Å²) in [6, 6.07) is 3.72. The van der Waals surface area contributed by atoms with E-state index in [9.17, 15) is 0 Å². The van der Waals surface area contributed by atoms with E-state index in [1.54, 1.807) is 0 Å². The predicted octanol–water partition coefficient (Wildman–Crippen LogP) is 0.583. The number of benzene rings is 1. The number of nitrogens with two attached hydrogens (primary N) is 1. The molecule has 1 aromatic rings. The molecule has 110 valence electrons. The van der Waals surface area contributed by atoms with Crippen molar-refractivity contribution in [2.45, 2.75) is 12.6 Å². The molecular weight excluding hydrogens is 260 g/mol. The summed E-state index contributed by atoms with van der Waals surface area (Å²) in [7, 11) is 2.08. The van der Waals surface area contributed by atoms with E-state index in [0.29, 0.717) is 18.9 Å². The van der Waals surface area contributed by atoms with Gasteiger partial charge in [0, 0.05) is 31.3 Å². The quantitative estimate of drug-likeness (QED) is 0.870. The summed E-state index contributed by atoms with van der Waals surface area (Å²) in [5.41, 5.74) is 6.67. The first-order chi connectivity index (χ1) is 9.76. The molecule has 20 heavy (non-hydrogen) atoms. The third kappa shape index (κ3) is 2.82. The van der Waals surface area contributed by atoms with Crippen molar-refractivity contribution in [2.24, 2.45) is 5.73 Å². The fraction of sp³-hybridized carbons (Fsp3) is 0.571. The van der Waals surface area contributed by atoms with Crippen molar-refractivity contribution >= 4 is 0 Å². The van der Waals surface area contributed by atoms with E-state index in [2.05, 4.69) is 11.9 Å². The fourth-order valence-corrected chi connectivity index (χ4v) is 2.41. The largest absolute Gasteiger partial charge is 0.490 e. The van der Waals surface area contributed by atoms with Crippen LogP contribution >= 0.6 is 0 Å².